The van der Waals surface area contributed by atoms with Crippen LogP contribution in [0.3, 0.4) is 0 Å². The van der Waals surface area contributed by atoms with Gasteiger partial charge in [-0.3, -0.25) is 4.79 Å². The number of phenolic OH excluding ortho intramolecular Hbond substituents is 2. The van der Waals surface area contributed by atoms with Crippen molar-refractivity contribution in [3.63, 3.8) is 0 Å². The van der Waals surface area contributed by atoms with Crippen molar-refractivity contribution in [3.05, 3.63) is 52.2 Å². The number of rotatable bonds is 6. The standard InChI is InChI=1S/C28H32O14/c1-10-20(33)22(35)24(37)28(39-10)42-27-23(36)21(34)17(9-29)41-26(27)19-16(38-2)8-14(32)18-13(31)7-15(40-25(18)19)11-3-5-12(30)6-4-11/h3-8,10,17,20-24,26-30,32-37H,9H2,1-2H3. The zero-order chi connectivity index (χ0) is 30.5. The quantitative estimate of drug-likeness (QED) is 0.176. The Hall–Kier alpha value is -3.31. The molecular weight excluding hydrogens is 560 g/mol. The molecule has 2 aliphatic heterocycles. The molecule has 1 aromatic heterocycles. The van der Waals surface area contributed by atoms with Gasteiger partial charge in [-0.1, -0.05) is 0 Å². The number of methoxy groups -OCH3 is 1. The fourth-order valence-electron chi connectivity index (χ4n) is 5.27. The SMILES string of the molecule is COc1cc(O)c2c(=O)cc(-c3ccc(O)cc3)oc2c1C1OC(CO)C(O)C(O)C1OC1OC(C)C(O)C(O)C1O. The molecule has 10 unspecified atom stereocenters. The van der Waals surface area contributed by atoms with Crippen LogP contribution in [0.5, 0.6) is 17.2 Å². The molecule has 5 rings (SSSR count). The van der Waals surface area contributed by atoms with Gasteiger partial charge < -0.3 is 64.2 Å². The summed E-state index contributed by atoms with van der Waals surface area (Å²) in [5.74, 6) is -0.579. The lowest BCUT2D eigenvalue weighted by atomic mass is 9.89. The summed E-state index contributed by atoms with van der Waals surface area (Å²) in [4.78, 5) is 13.3. The lowest BCUT2D eigenvalue weighted by Gasteiger charge is -2.46. The number of hydrogen-bond donors (Lipinski definition) is 8. The zero-order valence-corrected chi connectivity index (χ0v) is 22.5. The van der Waals surface area contributed by atoms with E-state index in [0.717, 1.165) is 12.1 Å². The Balaban J connectivity index is 1.69. The van der Waals surface area contributed by atoms with E-state index in [9.17, 15) is 45.6 Å². The van der Waals surface area contributed by atoms with E-state index in [1.54, 1.807) is 0 Å². The van der Waals surface area contributed by atoms with Crippen molar-refractivity contribution in [3.8, 4) is 28.6 Å². The molecule has 0 radical (unpaired) electrons. The largest absolute Gasteiger partial charge is 0.508 e. The topological polar surface area (TPSA) is 229 Å². The molecule has 0 spiro atoms. The van der Waals surface area contributed by atoms with Gasteiger partial charge in [0.1, 0.15) is 77.2 Å². The summed E-state index contributed by atoms with van der Waals surface area (Å²) in [5.41, 5.74) is -0.571. The fraction of sp³-hybridized carbons (Fsp3) is 0.464. The van der Waals surface area contributed by atoms with E-state index in [0.29, 0.717) is 5.56 Å². The molecule has 0 amide bonds. The van der Waals surface area contributed by atoms with E-state index in [4.69, 9.17) is 23.4 Å². The monoisotopic (exact) mass is 592 g/mol. The molecule has 0 aliphatic carbocycles. The first kappa shape index (κ1) is 30.2. The lowest BCUT2D eigenvalue weighted by molar-refractivity contribution is -0.338. The highest BCUT2D eigenvalue weighted by Crippen LogP contribution is 2.45. The third kappa shape index (κ3) is 5.21. The maximum atomic E-state index is 13.3. The summed E-state index contributed by atoms with van der Waals surface area (Å²) in [6.45, 7) is 0.682. The van der Waals surface area contributed by atoms with Gasteiger partial charge in [0.15, 0.2) is 17.3 Å². The molecule has 8 N–H and O–H groups in total. The first-order valence-corrected chi connectivity index (χ1v) is 13.1. The first-order valence-electron chi connectivity index (χ1n) is 13.1. The van der Waals surface area contributed by atoms with Gasteiger partial charge in [0.2, 0.25) is 0 Å². The molecule has 0 bridgehead atoms. The molecule has 42 heavy (non-hydrogen) atoms. The number of fused-ring (bicyclic) bond motifs is 1. The highest BCUT2D eigenvalue weighted by atomic mass is 16.7. The van der Waals surface area contributed by atoms with Gasteiger partial charge in [-0.25, -0.2) is 0 Å². The summed E-state index contributed by atoms with van der Waals surface area (Å²) in [6.07, 6.45) is -15.5. The van der Waals surface area contributed by atoms with Crippen molar-refractivity contribution in [2.75, 3.05) is 13.7 Å². The van der Waals surface area contributed by atoms with Crippen LogP contribution < -0.4 is 10.2 Å². The van der Waals surface area contributed by atoms with Gasteiger partial charge >= 0.3 is 0 Å². The van der Waals surface area contributed by atoms with Gasteiger partial charge in [-0.05, 0) is 31.2 Å². The Morgan fingerprint density at radius 3 is 2.21 bits per heavy atom. The van der Waals surface area contributed by atoms with Crippen LogP contribution >= 0.6 is 0 Å². The van der Waals surface area contributed by atoms with Crippen molar-refractivity contribution >= 4 is 11.0 Å². The van der Waals surface area contributed by atoms with E-state index in [2.05, 4.69) is 0 Å². The van der Waals surface area contributed by atoms with Crippen LogP contribution in [0.2, 0.25) is 0 Å². The second-order valence-electron chi connectivity index (χ2n) is 10.3. The molecular formula is C28H32O14. The Labute approximate surface area is 238 Å². The summed E-state index contributed by atoms with van der Waals surface area (Å²) < 4.78 is 29.0. The Morgan fingerprint density at radius 2 is 1.57 bits per heavy atom. The number of phenols is 2. The smallest absolute Gasteiger partial charge is 0.197 e. The average Bonchev–Trinajstić information content (AvgIpc) is 2.97. The molecule has 10 atom stereocenters. The molecule has 2 aliphatic rings. The maximum absolute atomic E-state index is 13.3. The Kier molecular flexibility index (Phi) is 8.44. The molecule has 14 nitrogen and oxygen atoms in total. The second-order valence-corrected chi connectivity index (χ2v) is 10.3. The van der Waals surface area contributed by atoms with Gasteiger partial charge in [-0.2, -0.15) is 0 Å². The highest BCUT2D eigenvalue weighted by Gasteiger charge is 2.51. The van der Waals surface area contributed by atoms with Gasteiger partial charge in [0, 0.05) is 17.7 Å². The van der Waals surface area contributed by atoms with Crippen LogP contribution in [0.25, 0.3) is 22.3 Å². The molecule has 2 saturated heterocycles. The van der Waals surface area contributed by atoms with E-state index in [1.165, 1.54) is 38.3 Å². The third-order valence-corrected chi connectivity index (χ3v) is 7.60. The second kappa shape index (κ2) is 11.8. The lowest BCUT2D eigenvalue weighted by Crippen LogP contribution is -2.61. The number of ether oxygens (including phenoxy) is 4. The van der Waals surface area contributed by atoms with Crippen molar-refractivity contribution < 1.29 is 64.2 Å². The Bertz CT molecular complexity index is 1470. The number of aliphatic hydroxyl groups excluding tert-OH is 6. The van der Waals surface area contributed by atoms with Crippen LogP contribution in [0.1, 0.15) is 18.6 Å². The minimum Gasteiger partial charge on any atom is -0.508 e. The van der Waals surface area contributed by atoms with E-state index < -0.39 is 79.0 Å². The molecule has 14 heteroatoms. The number of aliphatic hydroxyl groups is 6. The van der Waals surface area contributed by atoms with Gasteiger partial charge in [0.25, 0.3) is 0 Å². The predicted octanol–water partition coefficient (Wildman–Crippen LogP) is -0.754. The van der Waals surface area contributed by atoms with Crippen molar-refractivity contribution in [1.29, 1.82) is 0 Å². The summed E-state index contributed by atoms with van der Waals surface area (Å²) >= 11 is 0. The summed E-state index contributed by atoms with van der Waals surface area (Å²) in [6, 6.07) is 8.00. The molecule has 3 aromatic rings. The number of aromatic hydroxyl groups is 2. The van der Waals surface area contributed by atoms with Gasteiger partial charge in [-0.15, -0.1) is 0 Å². The minimum absolute atomic E-state index is 0.0286. The van der Waals surface area contributed by atoms with Crippen LogP contribution in [0.4, 0.5) is 0 Å². The number of benzene rings is 2. The third-order valence-electron chi connectivity index (χ3n) is 7.60. The Morgan fingerprint density at radius 1 is 0.881 bits per heavy atom. The fourth-order valence-corrected chi connectivity index (χ4v) is 5.27. The van der Waals surface area contributed by atoms with Crippen molar-refractivity contribution in [2.24, 2.45) is 0 Å². The molecule has 0 saturated carbocycles. The molecule has 228 valence electrons. The van der Waals surface area contributed by atoms with Crippen LogP contribution in [-0.4, -0.2) is 110 Å². The zero-order valence-electron chi connectivity index (χ0n) is 22.5. The van der Waals surface area contributed by atoms with Crippen LogP contribution in [0.15, 0.2) is 45.6 Å². The predicted molar refractivity (Wildman–Crippen MR) is 142 cm³/mol. The summed E-state index contributed by atoms with van der Waals surface area (Å²) in [5, 5.41) is 82.8. The number of hydrogen-bond acceptors (Lipinski definition) is 14. The first-order chi connectivity index (χ1) is 20.0. The molecule has 2 aromatic carbocycles. The maximum Gasteiger partial charge on any atom is 0.197 e. The molecule has 3 heterocycles. The van der Waals surface area contributed by atoms with E-state index >= 15 is 0 Å². The van der Waals surface area contributed by atoms with E-state index in [1.807, 2.05) is 0 Å². The van der Waals surface area contributed by atoms with Gasteiger partial charge in [0.05, 0.1) is 25.4 Å². The average molecular weight is 593 g/mol. The van der Waals surface area contributed by atoms with Crippen LogP contribution in [-0.2, 0) is 14.2 Å². The normalized spacial score (nSPS) is 33.5. The summed E-state index contributed by atoms with van der Waals surface area (Å²) in [7, 11) is 1.26. The van der Waals surface area contributed by atoms with Crippen molar-refractivity contribution in [1.82, 2.24) is 0 Å². The van der Waals surface area contributed by atoms with E-state index in [-0.39, 0.29) is 33.8 Å². The van der Waals surface area contributed by atoms with Crippen LogP contribution in [0, 0.1) is 0 Å². The minimum atomic E-state index is -1.79. The van der Waals surface area contributed by atoms with Crippen molar-refractivity contribution in [2.45, 2.75) is 68.1 Å². The highest BCUT2D eigenvalue weighted by molar-refractivity contribution is 5.89. The molecule has 2 fully saturated rings.